The van der Waals surface area contributed by atoms with Crippen molar-refractivity contribution in [2.75, 3.05) is 23.7 Å². The van der Waals surface area contributed by atoms with E-state index in [1.54, 1.807) is 0 Å². The van der Waals surface area contributed by atoms with Crippen molar-refractivity contribution in [2.45, 2.75) is 25.9 Å². The first-order valence-corrected chi connectivity index (χ1v) is 9.89. The van der Waals surface area contributed by atoms with Gasteiger partial charge in [0.05, 0.1) is 11.3 Å². The lowest BCUT2D eigenvalue weighted by Crippen LogP contribution is -2.41. The summed E-state index contributed by atoms with van der Waals surface area (Å²) in [6, 6.07) is 8.25. The van der Waals surface area contributed by atoms with Gasteiger partial charge in [-0.25, -0.2) is 4.39 Å². The molecule has 1 aliphatic rings. The molecular formula is C22H21F4N3O3. The maximum absolute atomic E-state index is 13.5. The Hall–Kier alpha value is -3.43. The van der Waals surface area contributed by atoms with Gasteiger partial charge >= 0.3 is 6.18 Å². The fourth-order valence-electron chi connectivity index (χ4n) is 3.52. The van der Waals surface area contributed by atoms with E-state index in [9.17, 15) is 31.9 Å². The Bertz CT molecular complexity index is 1010. The summed E-state index contributed by atoms with van der Waals surface area (Å²) < 4.78 is 53.4. The number of nitrogens with zero attached hydrogens (tertiary/aromatic N) is 1. The first-order chi connectivity index (χ1) is 15.0. The van der Waals surface area contributed by atoms with Crippen LogP contribution in [-0.4, -0.2) is 35.7 Å². The van der Waals surface area contributed by atoms with Crippen LogP contribution in [0.15, 0.2) is 42.5 Å². The average Bonchev–Trinajstić information content (AvgIpc) is 2.74. The molecule has 3 rings (SSSR count). The van der Waals surface area contributed by atoms with Crippen molar-refractivity contribution in [3.63, 3.8) is 0 Å². The Balaban J connectivity index is 1.65. The van der Waals surface area contributed by atoms with Crippen LogP contribution in [0.2, 0.25) is 0 Å². The van der Waals surface area contributed by atoms with Gasteiger partial charge in [0.25, 0.3) is 5.91 Å². The van der Waals surface area contributed by atoms with Crippen molar-refractivity contribution in [3.05, 3.63) is 59.4 Å². The molecule has 2 N–H and O–H groups in total. The highest BCUT2D eigenvalue weighted by atomic mass is 19.4. The molecular weight excluding hydrogens is 430 g/mol. The molecule has 32 heavy (non-hydrogen) atoms. The van der Waals surface area contributed by atoms with Crippen LogP contribution in [0.1, 0.15) is 35.7 Å². The SMILES string of the molecule is CC(=O)Nc1ccc(NC(=O)C2CCN(C(=O)c3ccc(F)cc3)CC2)c(C(F)(F)F)c1. The van der Waals surface area contributed by atoms with E-state index in [1.165, 1.54) is 42.2 Å². The number of hydrogen-bond donors (Lipinski definition) is 2. The molecule has 1 saturated heterocycles. The van der Waals surface area contributed by atoms with Gasteiger partial charge in [-0.1, -0.05) is 0 Å². The molecule has 0 spiro atoms. The molecule has 2 aromatic carbocycles. The zero-order valence-corrected chi connectivity index (χ0v) is 17.1. The van der Waals surface area contributed by atoms with Crippen LogP contribution < -0.4 is 10.6 Å². The first kappa shape index (κ1) is 23.2. The number of alkyl halides is 3. The Kier molecular flexibility index (Phi) is 6.81. The minimum Gasteiger partial charge on any atom is -0.339 e. The molecule has 0 atom stereocenters. The number of benzene rings is 2. The average molecular weight is 451 g/mol. The van der Waals surface area contributed by atoms with E-state index in [2.05, 4.69) is 10.6 Å². The quantitative estimate of drug-likeness (QED) is 0.681. The van der Waals surface area contributed by atoms with Gasteiger partial charge in [-0.2, -0.15) is 13.2 Å². The third-order valence-corrected chi connectivity index (χ3v) is 5.15. The molecule has 1 heterocycles. The maximum Gasteiger partial charge on any atom is 0.418 e. The lowest BCUT2D eigenvalue weighted by molar-refractivity contribution is -0.137. The second-order valence-corrected chi connectivity index (χ2v) is 7.50. The molecule has 2 aromatic rings. The number of nitrogens with one attached hydrogen (secondary N) is 2. The van der Waals surface area contributed by atoms with E-state index in [0.717, 1.165) is 12.1 Å². The number of amides is 3. The van der Waals surface area contributed by atoms with E-state index < -0.39 is 41.0 Å². The van der Waals surface area contributed by atoms with Crippen molar-refractivity contribution < 1.29 is 31.9 Å². The Morgan fingerprint density at radius 1 is 0.969 bits per heavy atom. The van der Waals surface area contributed by atoms with Crippen LogP contribution in [0.4, 0.5) is 28.9 Å². The summed E-state index contributed by atoms with van der Waals surface area (Å²) >= 11 is 0. The minimum atomic E-state index is -4.73. The smallest absolute Gasteiger partial charge is 0.339 e. The molecule has 0 unspecified atom stereocenters. The number of likely N-dealkylation sites (tertiary alicyclic amines) is 1. The number of halogens is 4. The van der Waals surface area contributed by atoms with E-state index in [-0.39, 0.29) is 37.5 Å². The van der Waals surface area contributed by atoms with Gasteiger partial charge in [-0.05, 0) is 55.3 Å². The van der Waals surface area contributed by atoms with Crippen LogP contribution in [-0.2, 0) is 15.8 Å². The molecule has 3 amide bonds. The van der Waals surface area contributed by atoms with Crippen molar-refractivity contribution in [1.29, 1.82) is 0 Å². The number of rotatable bonds is 4. The molecule has 0 radical (unpaired) electrons. The summed E-state index contributed by atoms with van der Waals surface area (Å²) in [7, 11) is 0. The van der Waals surface area contributed by atoms with Crippen LogP contribution in [0.25, 0.3) is 0 Å². The number of hydrogen-bond acceptors (Lipinski definition) is 3. The molecule has 1 aliphatic heterocycles. The second-order valence-electron chi connectivity index (χ2n) is 7.50. The second kappa shape index (κ2) is 9.37. The van der Waals surface area contributed by atoms with Gasteiger partial charge in [0.2, 0.25) is 11.8 Å². The van der Waals surface area contributed by atoms with Gasteiger partial charge in [-0.3, -0.25) is 14.4 Å². The predicted octanol–water partition coefficient (Wildman–Crippen LogP) is 4.29. The van der Waals surface area contributed by atoms with E-state index >= 15 is 0 Å². The van der Waals surface area contributed by atoms with Crippen molar-refractivity contribution in [1.82, 2.24) is 4.90 Å². The number of carbonyl (C=O) groups is 3. The molecule has 1 fully saturated rings. The summed E-state index contributed by atoms with van der Waals surface area (Å²) in [6.07, 6.45) is -4.17. The Morgan fingerprint density at radius 2 is 1.59 bits per heavy atom. The van der Waals surface area contributed by atoms with Gasteiger partial charge in [0.1, 0.15) is 5.82 Å². The summed E-state index contributed by atoms with van der Waals surface area (Å²) in [6.45, 7) is 1.68. The summed E-state index contributed by atoms with van der Waals surface area (Å²) in [5, 5.41) is 4.62. The Morgan fingerprint density at radius 3 is 2.16 bits per heavy atom. The predicted molar refractivity (Wildman–Crippen MR) is 109 cm³/mol. The third kappa shape index (κ3) is 5.63. The minimum absolute atomic E-state index is 0.0320. The maximum atomic E-state index is 13.5. The number of carbonyl (C=O) groups excluding carboxylic acids is 3. The van der Waals surface area contributed by atoms with Gasteiger partial charge in [-0.15, -0.1) is 0 Å². The molecule has 0 saturated carbocycles. The molecule has 0 aliphatic carbocycles. The van der Waals surface area contributed by atoms with Gasteiger partial charge in [0.15, 0.2) is 0 Å². The normalized spacial score (nSPS) is 14.7. The van der Waals surface area contributed by atoms with Crippen molar-refractivity contribution in [3.8, 4) is 0 Å². The molecule has 0 bridgehead atoms. The van der Waals surface area contributed by atoms with Crippen LogP contribution >= 0.6 is 0 Å². The molecule has 10 heteroatoms. The number of piperidine rings is 1. The standard InChI is InChI=1S/C22H21F4N3O3/c1-13(30)27-17-6-7-19(18(12-17)22(24,25)26)28-20(31)14-8-10-29(11-9-14)21(32)15-2-4-16(23)5-3-15/h2-7,12,14H,8-11H2,1H3,(H,27,30)(H,28,31). The van der Waals surface area contributed by atoms with E-state index in [4.69, 9.17) is 0 Å². The first-order valence-electron chi connectivity index (χ1n) is 9.89. The largest absolute Gasteiger partial charge is 0.418 e. The van der Waals surface area contributed by atoms with Gasteiger partial charge < -0.3 is 15.5 Å². The van der Waals surface area contributed by atoms with Crippen LogP contribution in [0.5, 0.6) is 0 Å². The Labute approximate surface area is 181 Å². The summed E-state index contributed by atoms with van der Waals surface area (Å²) in [5.74, 6) is -2.41. The summed E-state index contributed by atoms with van der Waals surface area (Å²) in [5.41, 5.74) is -1.18. The van der Waals surface area contributed by atoms with E-state index in [1.807, 2.05) is 0 Å². The zero-order chi connectivity index (χ0) is 23.5. The molecule has 6 nitrogen and oxygen atoms in total. The highest BCUT2D eigenvalue weighted by Gasteiger charge is 2.35. The third-order valence-electron chi connectivity index (χ3n) is 5.15. The topological polar surface area (TPSA) is 78.5 Å². The number of anilines is 2. The highest BCUT2D eigenvalue weighted by molar-refractivity contribution is 5.96. The molecule has 170 valence electrons. The fraction of sp³-hybridized carbons (Fsp3) is 0.318. The van der Waals surface area contributed by atoms with E-state index in [0.29, 0.717) is 5.56 Å². The van der Waals surface area contributed by atoms with Crippen molar-refractivity contribution in [2.24, 2.45) is 5.92 Å². The zero-order valence-electron chi connectivity index (χ0n) is 17.1. The van der Waals surface area contributed by atoms with Crippen molar-refractivity contribution >= 4 is 29.1 Å². The lowest BCUT2D eigenvalue weighted by Gasteiger charge is -2.31. The molecule has 0 aromatic heterocycles. The summed E-state index contributed by atoms with van der Waals surface area (Å²) in [4.78, 5) is 37.7. The van der Waals surface area contributed by atoms with Crippen LogP contribution in [0, 0.1) is 11.7 Å². The van der Waals surface area contributed by atoms with Gasteiger partial charge in [0, 0.05) is 37.2 Å². The fourth-order valence-corrected chi connectivity index (χ4v) is 3.52. The van der Waals surface area contributed by atoms with Crippen LogP contribution in [0.3, 0.4) is 0 Å². The highest BCUT2D eigenvalue weighted by Crippen LogP contribution is 2.37. The monoisotopic (exact) mass is 451 g/mol. The lowest BCUT2D eigenvalue weighted by atomic mass is 9.95.